The number of carbonyl (C=O) groups excluding carboxylic acids is 1. The summed E-state index contributed by atoms with van der Waals surface area (Å²) in [6.07, 6.45) is 4.00. The first-order valence-electron chi connectivity index (χ1n) is 9.29. The van der Waals surface area contributed by atoms with Gasteiger partial charge in [0.2, 0.25) is 0 Å². The molecule has 1 fully saturated rings. The maximum Gasteiger partial charge on any atom is 0.293 e. The quantitative estimate of drug-likeness (QED) is 0.435. The highest BCUT2D eigenvalue weighted by Gasteiger charge is 2.17. The molecular weight excluding hydrogens is 358 g/mol. The first-order chi connectivity index (χ1) is 13.6. The van der Waals surface area contributed by atoms with Crippen LogP contribution in [0.3, 0.4) is 0 Å². The second kappa shape index (κ2) is 8.98. The Labute approximate surface area is 163 Å². The fourth-order valence-electron chi connectivity index (χ4n) is 3.14. The minimum absolute atomic E-state index is 0.143. The van der Waals surface area contributed by atoms with Gasteiger partial charge < -0.3 is 10.2 Å². The molecule has 2 aromatic rings. The molecule has 8 nitrogen and oxygen atoms in total. The van der Waals surface area contributed by atoms with E-state index in [1.165, 1.54) is 36.7 Å². The Hall–Kier alpha value is -3.42. The Balaban J connectivity index is 1.63. The highest BCUT2D eigenvalue weighted by Crippen LogP contribution is 2.25. The van der Waals surface area contributed by atoms with Crippen molar-refractivity contribution in [2.45, 2.75) is 19.8 Å². The molecule has 8 heteroatoms. The van der Waals surface area contributed by atoms with Gasteiger partial charge in [0.1, 0.15) is 5.69 Å². The van der Waals surface area contributed by atoms with Crippen LogP contribution in [0.25, 0.3) is 0 Å². The van der Waals surface area contributed by atoms with Gasteiger partial charge in [-0.05, 0) is 49.6 Å². The molecule has 2 aromatic carbocycles. The van der Waals surface area contributed by atoms with Crippen LogP contribution in [0, 0.1) is 10.1 Å². The van der Waals surface area contributed by atoms with Crippen molar-refractivity contribution in [3.05, 3.63) is 63.7 Å². The van der Waals surface area contributed by atoms with E-state index in [4.69, 9.17) is 0 Å². The number of hydrogen-bond acceptors (Lipinski definition) is 6. The normalized spacial score (nSPS) is 13.7. The standard InChI is InChI=1S/C20H23N5O3/c1-2-21-18-10-7-16(13-19(18)25(27)28)20(26)23-22-14-15-5-8-17(9-6-15)24-11-3-4-12-24/h5-10,13-14,21H,2-4,11-12H2,1H3,(H,23,26)/b22-14+. The molecule has 0 aliphatic carbocycles. The third-order valence-corrected chi connectivity index (χ3v) is 4.57. The monoisotopic (exact) mass is 381 g/mol. The number of nitrogens with zero attached hydrogens (tertiary/aromatic N) is 3. The third-order valence-electron chi connectivity index (χ3n) is 4.57. The highest BCUT2D eigenvalue weighted by atomic mass is 16.6. The summed E-state index contributed by atoms with van der Waals surface area (Å²) in [5, 5.41) is 18.1. The molecule has 1 saturated heterocycles. The molecular formula is C20H23N5O3. The van der Waals surface area contributed by atoms with Crippen molar-refractivity contribution < 1.29 is 9.72 Å². The van der Waals surface area contributed by atoms with Crippen LogP contribution in [0.2, 0.25) is 0 Å². The van der Waals surface area contributed by atoms with Crippen molar-refractivity contribution in [2.75, 3.05) is 29.9 Å². The molecule has 0 saturated carbocycles. The summed E-state index contributed by atoms with van der Waals surface area (Å²) in [4.78, 5) is 25.3. The summed E-state index contributed by atoms with van der Waals surface area (Å²) in [7, 11) is 0. The number of amides is 1. The predicted molar refractivity (Wildman–Crippen MR) is 110 cm³/mol. The maximum atomic E-state index is 12.2. The third kappa shape index (κ3) is 4.64. The average Bonchev–Trinajstić information content (AvgIpc) is 3.23. The molecule has 1 aliphatic heterocycles. The number of hydrogen-bond donors (Lipinski definition) is 2. The van der Waals surface area contributed by atoms with E-state index in [1.54, 1.807) is 6.21 Å². The lowest BCUT2D eigenvalue weighted by Crippen LogP contribution is -2.18. The van der Waals surface area contributed by atoms with Gasteiger partial charge in [-0.1, -0.05) is 12.1 Å². The highest BCUT2D eigenvalue weighted by molar-refractivity contribution is 5.96. The van der Waals surface area contributed by atoms with E-state index in [1.807, 2.05) is 31.2 Å². The lowest BCUT2D eigenvalue weighted by molar-refractivity contribution is -0.384. The van der Waals surface area contributed by atoms with Crippen LogP contribution in [-0.2, 0) is 0 Å². The van der Waals surface area contributed by atoms with Gasteiger partial charge in [0.15, 0.2) is 0 Å². The summed E-state index contributed by atoms with van der Waals surface area (Å²) < 4.78 is 0. The second-order valence-electron chi connectivity index (χ2n) is 6.50. The van der Waals surface area contributed by atoms with E-state index in [0.717, 1.165) is 18.7 Å². The number of rotatable bonds is 7. The van der Waals surface area contributed by atoms with Crippen molar-refractivity contribution >= 4 is 29.2 Å². The van der Waals surface area contributed by atoms with Crippen LogP contribution in [0.15, 0.2) is 47.6 Å². The molecule has 3 rings (SSSR count). The van der Waals surface area contributed by atoms with Gasteiger partial charge in [0.25, 0.3) is 11.6 Å². The summed E-state index contributed by atoms with van der Waals surface area (Å²) in [5.74, 6) is -0.504. The number of anilines is 2. The Morgan fingerprint density at radius 3 is 2.57 bits per heavy atom. The smallest absolute Gasteiger partial charge is 0.293 e. The molecule has 0 aromatic heterocycles. The van der Waals surface area contributed by atoms with Crippen molar-refractivity contribution in [3.63, 3.8) is 0 Å². The number of hydrazone groups is 1. The zero-order valence-electron chi connectivity index (χ0n) is 15.7. The number of nitro groups is 1. The fourth-order valence-corrected chi connectivity index (χ4v) is 3.14. The molecule has 0 atom stereocenters. The summed E-state index contributed by atoms with van der Waals surface area (Å²) in [5.41, 5.74) is 4.87. The lowest BCUT2D eigenvalue weighted by Gasteiger charge is -2.17. The van der Waals surface area contributed by atoms with Crippen LogP contribution < -0.4 is 15.6 Å². The van der Waals surface area contributed by atoms with Gasteiger partial charge in [-0.3, -0.25) is 14.9 Å². The summed E-state index contributed by atoms with van der Waals surface area (Å²) >= 11 is 0. The number of nitro benzene ring substituents is 1. The molecule has 1 amide bonds. The molecule has 2 N–H and O–H groups in total. The molecule has 0 bridgehead atoms. The molecule has 28 heavy (non-hydrogen) atoms. The SMILES string of the molecule is CCNc1ccc(C(=O)N/N=C/c2ccc(N3CCCC3)cc2)cc1[N+](=O)[O-]. The van der Waals surface area contributed by atoms with Crippen molar-refractivity contribution in [1.82, 2.24) is 5.43 Å². The van der Waals surface area contributed by atoms with Crippen molar-refractivity contribution in [2.24, 2.45) is 5.10 Å². The van der Waals surface area contributed by atoms with Crippen LogP contribution in [0.4, 0.5) is 17.1 Å². The first-order valence-corrected chi connectivity index (χ1v) is 9.29. The van der Waals surface area contributed by atoms with Gasteiger partial charge in [-0.15, -0.1) is 0 Å². The van der Waals surface area contributed by atoms with Crippen LogP contribution in [-0.4, -0.2) is 36.7 Å². The fraction of sp³-hybridized carbons (Fsp3) is 0.300. The van der Waals surface area contributed by atoms with E-state index in [-0.39, 0.29) is 11.3 Å². The zero-order valence-corrected chi connectivity index (χ0v) is 15.7. The zero-order chi connectivity index (χ0) is 19.9. The Bertz CT molecular complexity index is 874. The van der Waals surface area contributed by atoms with E-state index in [0.29, 0.717) is 12.2 Å². The second-order valence-corrected chi connectivity index (χ2v) is 6.50. The topological polar surface area (TPSA) is 99.9 Å². The Kier molecular flexibility index (Phi) is 6.21. The minimum atomic E-state index is -0.514. The van der Waals surface area contributed by atoms with Crippen LogP contribution in [0.5, 0.6) is 0 Å². The molecule has 0 spiro atoms. The molecule has 1 aliphatic rings. The lowest BCUT2D eigenvalue weighted by atomic mass is 10.1. The van der Waals surface area contributed by atoms with Gasteiger partial charge in [-0.25, -0.2) is 5.43 Å². The molecule has 146 valence electrons. The summed E-state index contributed by atoms with van der Waals surface area (Å²) in [6.45, 7) is 4.56. The van der Waals surface area contributed by atoms with Gasteiger partial charge >= 0.3 is 0 Å². The number of nitrogens with one attached hydrogen (secondary N) is 2. The van der Waals surface area contributed by atoms with Gasteiger partial charge in [0.05, 0.1) is 11.1 Å². The number of benzene rings is 2. The van der Waals surface area contributed by atoms with E-state index >= 15 is 0 Å². The Morgan fingerprint density at radius 2 is 1.93 bits per heavy atom. The van der Waals surface area contributed by atoms with Gasteiger partial charge in [0, 0.05) is 37.0 Å². The molecule has 0 unspecified atom stereocenters. The minimum Gasteiger partial charge on any atom is -0.380 e. The van der Waals surface area contributed by atoms with Crippen LogP contribution in [0.1, 0.15) is 35.7 Å². The Morgan fingerprint density at radius 1 is 1.21 bits per heavy atom. The van der Waals surface area contributed by atoms with Crippen molar-refractivity contribution in [1.29, 1.82) is 0 Å². The molecule has 1 heterocycles. The predicted octanol–water partition coefficient (Wildman–Crippen LogP) is 3.39. The largest absolute Gasteiger partial charge is 0.380 e. The number of carbonyl (C=O) groups is 1. The average molecular weight is 381 g/mol. The van der Waals surface area contributed by atoms with E-state index < -0.39 is 10.8 Å². The summed E-state index contributed by atoms with van der Waals surface area (Å²) in [6, 6.07) is 12.3. The van der Waals surface area contributed by atoms with Crippen LogP contribution >= 0.6 is 0 Å². The molecule has 0 radical (unpaired) electrons. The van der Waals surface area contributed by atoms with Gasteiger partial charge in [-0.2, -0.15) is 5.10 Å². The van der Waals surface area contributed by atoms with E-state index in [9.17, 15) is 14.9 Å². The first kappa shape index (κ1) is 19.3. The maximum absolute atomic E-state index is 12.2. The van der Waals surface area contributed by atoms with E-state index in [2.05, 4.69) is 20.7 Å². The van der Waals surface area contributed by atoms with Crippen molar-refractivity contribution in [3.8, 4) is 0 Å².